The summed E-state index contributed by atoms with van der Waals surface area (Å²) in [5.41, 5.74) is 2.96. The normalized spacial score (nSPS) is 10.3. The maximum Gasteiger partial charge on any atom is 0.325 e. The number of nitrogens with one attached hydrogen (secondary N) is 3. The van der Waals surface area contributed by atoms with Gasteiger partial charge in [-0.15, -0.1) is 11.3 Å². The summed E-state index contributed by atoms with van der Waals surface area (Å²) in [6.45, 7) is 2.34. The highest BCUT2D eigenvalue weighted by atomic mass is 35.5. The fourth-order valence-electron chi connectivity index (χ4n) is 2.21. The summed E-state index contributed by atoms with van der Waals surface area (Å²) in [5.74, 6) is -0.312. The summed E-state index contributed by atoms with van der Waals surface area (Å²) in [7, 11) is 0. The van der Waals surface area contributed by atoms with Crippen LogP contribution >= 0.6 is 22.9 Å². The highest BCUT2D eigenvalue weighted by Gasteiger charge is 2.12. The lowest BCUT2D eigenvalue weighted by molar-refractivity contribution is 0.0946. The minimum atomic E-state index is -0.415. The van der Waals surface area contributed by atoms with Crippen molar-refractivity contribution in [2.45, 2.75) is 13.5 Å². The molecule has 0 aliphatic carbocycles. The Balaban J connectivity index is 1.52. The zero-order chi connectivity index (χ0) is 19.2. The Bertz CT molecular complexity index is 939. The third-order valence-corrected chi connectivity index (χ3v) is 4.64. The number of aryl methyl sites for hydroxylation is 1. The predicted molar refractivity (Wildman–Crippen MR) is 109 cm³/mol. The molecule has 0 unspecified atom stereocenters. The van der Waals surface area contributed by atoms with Gasteiger partial charge in [0.2, 0.25) is 0 Å². The van der Waals surface area contributed by atoms with E-state index in [1.165, 1.54) is 11.3 Å². The number of carbonyl (C=O) groups is 2. The summed E-state index contributed by atoms with van der Waals surface area (Å²) in [6.07, 6.45) is 0. The highest BCUT2D eigenvalue weighted by Crippen LogP contribution is 2.17. The molecule has 8 heteroatoms. The Hall–Kier alpha value is -2.90. The Morgan fingerprint density at radius 3 is 2.44 bits per heavy atom. The van der Waals surface area contributed by atoms with Crippen molar-refractivity contribution in [3.05, 3.63) is 75.8 Å². The average molecular weight is 401 g/mol. The van der Waals surface area contributed by atoms with Gasteiger partial charge in [0.1, 0.15) is 5.69 Å². The van der Waals surface area contributed by atoms with Gasteiger partial charge in [0.25, 0.3) is 5.91 Å². The number of anilines is 2. The molecule has 1 heterocycles. The van der Waals surface area contributed by atoms with E-state index in [0.29, 0.717) is 22.4 Å². The standard InChI is InChI=1S/C19H17ClN4O2S/c1-12-2-8-15(9-3-12)22-18(26)24-19-23-16(11-27-19)17(25)21-10-13-4-6-14(20)7-5-13/h2-9,11H,10H2,1H3,(H,21,25)(H2,22,23,24,26). The van der Waals surface area contributed by atoms with E-state index in [2.05, 4.69) is 20.9 Å². The molecule has 0 atom stereocenters. The summed E-state index contributed by atoms with van der Waals surface area (Å²) >= 11 is 7.02. The molecule has 0 aliphatic rings. The zero-order valence-electron chi connectivity index (χ0n) is 14.5. The van der Waals surface area contributed by atoms with E-state index in [9.17, 15) is 9.59 Å². The predicted octanol–water partition coefficient (Wildman–Crippen LogP) is 4.68. The summed E-state index contributed by atoms with van der Waals surface area (Å²) in [5, 5.41) is 10.7. The molecule has 138 valence electrons. The van der Waals surface area contributed by atoms with Gasteiger partial charge in [-0.2, -0.15) is 0 Å². The first-order chi connectivity index (χ1) is 13.0. The molecule has 0 aliphatic heterocycles. The van der Waals surface area contributed by atoms with Crippen LogP contribution in [-0.2, 0) is 6.54 Å². The van der Waals surface area contributed by atoms with Gasteiger partial charge in [0.15, 0.2) is 5.13 Å². The zero-order valence-corrected chi connectivity index (χ0v) is 16.0. The van der Waals surface area contributed by atoms with Gasteiger partial charge >= 0.3 is 6.03 Å². The van der Waals surface area contributed by atoms with Crippen molar-refractivity contribution >= 4 is 45.7 Å². The van der Waals surface area contributed by atoms with E-state index in [4.69, 9.17) is 11.6 Å². The van der Waals surface area contributed by atoms with E-state index in [1.807, 2.05) is 43.3 Å². The second-order valence-electron chi connectivity index (χ2n) is 5.79. The Kier molecular flexibility index (Phi) is 6.05. The number of thiazole rings is 1. The molecule has 0 saturated heterocycles. The van der Waals surface area contributed by atoms with Crippen LogP contribution in [0.15, 0.2) is 53.9 Å². The van der Waals surface area contributed by atoms with Crippen LogP contribution in [0.3, 0.4) is 0 Å². The van der Waals surface area contributed by atoms with Gasteiger partial charge in [-0.1, -0.05) is 41.4 Å². The maximum absolute atomic E-state index is 12.2. The smallest absolute Gasteiger partial charge is 0.325 e. The molecule has 0 radical (unpaired) electrons. The number of halogens is 1. The molecule has 27 heavy (non-hydrogen) atoms. The highest BCUT2D eigenvalue weighted by molar-refractivity contribution is 7.14. The minimum Gasteiger partial charge on any atom is -0.347 e. The van der Waals surface area contributed by atoms with Crippen LogP contribution in [0.25, 0.3) is 0 Å². The molecule has 3 amide bonds. The summed E-state index contributed by atoms with van der Waals surface area (Å²) < 4.78 is 0. The molecule has 6 nitrogen and oxygen atoms in total. The number of rotatable bonds is 5. The first-order valence-corrected chi connectivity index (χ1v) is 9.38. The SMILES string of the molecule is Cc1ccc(NC(=O)Nc2nc(C(=O)NCc3ccc(Cl)cc3)cs2)cc1. The lowest BCUT2D eigenvalue weighted by Gasteiger charge is -2.05. The summed E-state index contributed by atoms with van der Waals surface area (Å²) in [4.78, 5) is 28.3. The van der Waals surface area contributed by atoms with E-state index in [1.54, 1.807) is 17.5 Å². The van der Waals surface area contributed by atoms with Crippen molar-refractivity contribution in [2.75, 3.05) is 10.6 Å². The van der Waals surface area contributed by atoms with Crippen molar-refractivity contribution in [1.82, 2.24) is 10.3 Å². The van der Waals surface area contributed by atoms with Crippen LogP contribution < -0.4 is 16.0 Å². The lowest BCUT2D eigenvalue weighted by atomic mass is 10.2. The first kappa shape index (κ1) is 18.9. The number of nitrogens with zero attached hydrogens (tertiary/aromatic N) is 1. The molecule has 0 saturated carbocycles. The molecule has 0 fully saturated rings. The van der Waals surface area contributed by atoms with Crippen LogP contribution in [-0.4, -0.2) is 16.9 Å². The van der Waals surface area contributed by atoms with Crippen molar-refractivity contribution in [1.29, 1.82) is 0 Å². The molecule has 3 N–H and O–H groups in total. The largest absolute Gasteiger partial charge is 0.347 e. The first-order valence-electron chi connectivity index (χ1n) is 8.12. The van der Waals surface area contributed by atoms with Crippen LogP contribution in [0.1, 0.15) is 21.6 Å². The molecule has 2 aromatic carbocycles. The second-order valence-corrected chi connectivity index (χ2v) is 7.09. The van der Waals surface area contributed by atoms with Gasteiger partial charge in [0.05, 0.1) is 0 Å². The Labute approximate surface area is 165 Å². The fraction of sp³-hybridized carbons (Fsp3) is 0.105. The Morgan fingerprint density at radius 1 is 1.04 bits per heavy atom. The van der Waals surface area contributed by atoms with Gasteiger partial charge in [-0.05, 0) is 36.8 Å². The molecule has 1 aromatic heterocycles. The molecule has 3 rings (SSSR count). The van der Waals surface area contributed by atoms with Gasteiger partial charge in [0, 0.05) is 22.6 Å². The van der Waals surface area contributed by atoms with Crippen LogP contribution in [0.5, 0.6) is 0 Å². The van der Waals surface area contributed by atoms with Crippen molar-refractivity contribution in [3.8, 4) is 0 Å². The van der Waals surface area contributed by atoms with Crippen molar-refractivity contribution in [2.24, 2.45) is 0 Å². The van der Waals surface area contributed by atoms with Crippen LogP contribution in [0.2, 0.25) is 5.02 Å². The maximum atomic E-state index is 12.2. The number of carbonyl (C=O) groups excluding carboxylic acids is 2. The van der Waals surface area contributed by atoms with Gasteiger partial charge in [-0.3, -0.25) is 10.1 Å². The van der Waals surface area contributed by atoms with E-state index in [-0.39, 0.29) is 11.6 Å². The van der Waals surface area contributed by atoms with Gasteiger partial charge < -0.3 is 10.6 Å². The van der Waals surface area contributed by atoms with Crippen LogP contribution in [0.4, 0.5) is 15.6 Å². The Morgan fingerprint density at radius 2 is 1.74 bits per heavy atom. The van der Waals surface area contributed by atoms with Crippen molar-refractivity contribution < 1.29 is 9.59 Å². The number of benzene rings is 2. The average Bonchev–Trinajstić information content (AvgIpc) is 3.11. The molecular formula is C19H17ClN4O2S. The molecular weight excluding hydrogens is 384 g/mol. The minimum absolute atomic E-state index is 0.250. The molecule has 0 spiro atoms. The second kappa shape index (κ2) is 8.66. The number of hydrogen-bond donors (Lipinski definition) is 3. The number of urea groups is 1. The molecule has 3 aromatic rings. The van der Waals surface area contributed by atoms with E-state index < -0.39 is 6.03 Å². The van der Waals surface area contributed by atoms with E-state index in [0.717, 1.165) is 11.1 Å². The monoisotopic (exact) mass is 400 g/mol. The van der Waals surface area contributed by atoms with Crippen LogP contribution in [0, 0.1) is 6.92 Å². The third-order valence-electron chi connectivity index (χ3n) is 3.63. The van der Waals surface area contributed by atoms with Crippen molar-refractivity contribution in [3.63, 3.8) is 0 Å². The molecule has 0 bridgehead atoms. The quantitative estimate of drug-likeness (QED) is 0.581. The number of hydrogen-bond acceptors (Lipinski definition) is 4. The number of aromatic nitrogens is 1. The lowest BCUT2D eigenvalue weighted by Crippen LogP contribution is -2.23. The summed E-state index contributed by atoms with van der Waals surface area (Å²) in [6, 6.07) is 14.2. The van der Waals surface area contributed by atoms with E-state index >= 15 is 0 Å². The van der Waals surface area contributed by atoms with Gasteiger partial charge in [-0.25, -0.2) is 9.78 Å². The fourth-order valence-corrected chi connectivity index (χ4v) is 3.02. The third kappa shape index (κ3) is 5.54. The number of amides is 3. The topological polar surface area (TPSA) is 83.1 Å².